The van der Waals surface area contributed by atoms with Gasteiger partial charge < -0.3 is 15.2 Å². The van der Waals surface area contributed by atoms with Crippen molar-refractivity contribution in [1.82, 2.24) is 9.13 Å². The summed E-state index contributed by atoms with van der Waals surface area (Å²) < 4.78 is 12.0. The predicted molar refractivity (Wildman–Crippen MR) is 114 cm³/mol. The van der Waals surface area contributed by atoms with Gasteiger partial charge >= 0.3 is 11.7 Å². The zero-order valence-electron chi connectivity index (χ0n) is 17.0. The number of hydrogen-bond acceptors (Lipinski definition) is 7. The van der Waals surface area contributed by atoms with Gasteiger partial charge in [0.1, 0.15) is 17.1 Å². The fourth-order valence-electron chi connectivity index (χ4n) is 2.90. The first kappa shape index (κ1) is 21.6. The molecule has 0 spiro atoms. The first-order valence-corrected chi connectivity index (χ1v) is 9.32. The van der Waals surface area contributed by atoms with Gasteiger partial charge in [-0.15, -0.1) is 0 Å². The summed E-state index contributed by atoms with van der Waals surface area (Å²) in [5.74, 6) is -1.43. The molecule has 9 nitrogen and oxygen atoms in total. The average Bonchev–Trinajstić information content (AvgIpc) is 2.79. The van der Waals surface area contributed by atoms with Gasteiger partial charge in [-0.05, 0) is 23.3 Å². The van der Waals surface area contributed by atoms with Crippen LogP contribution in [0.2, 0.25) is 0 Å². The van der Waals surface area contributed by atoms with Crippen molar-refractivity contribution in [2.45, 2.75) is 0 Å². The number of aromatic nitrogens is 2. The van der Waals surface area contributed by atoms with Crippen molar-refractivity contribution in [3.63, 3.8) is 0 Å². The molecule has 0 atom stereocenters. The Balaban J connectivity index is 1.57. The van der Waals surface area contributed by atoms with Crippen LogP contribution in [0.1, 0.15) is 10.4 Å². The minimum atomic E-state index is -0.851. The quantitative estimate of drug-likeness (QED) is 0.446. The van der Waals surface area contributed by atoms with Gasteiger partial charge in [-0.1, -0.05) is 42.5 Å². The van der Waals surface area contributed by atoms with Crippen molar-refractivity contribution in [3.8, 4) is 16.9 Å². The molecule has 0 radical (unpaired) electrons. The van der Waals surface area contributed by atoms with Crippen molar-refractivity contribution in [2.24, 2.45) is 14.1 Å². The average molecular weight is 423 g/mol. The number of hydrogen-bond donors (Lipinski definition) is 1. The van der Waals surface area contributed by atoms with Crippen LogP contribution in [0, 0.1) is 0 Å². The fourth-order valence-corrected chi connectivity index (χ4v) is 2.90. The molecule has 2 aromatic carbocycles. The van der Waals surface area contributed by atoms with Gasteiger partial charge in [-0.3, -0.25) is 18.7 Å². The Bertz CT molecular complexity index is 1230. The predicted octanol–water partition coefficient (Wildman–Crippen LogP) is 1.14. The summed E-state index contributed by atoms with van der Waals surface area (Å²) >= 11 is 0. The minimum absolute atomic E-state index is 0.288. The molecule has 3 aromatic rings. The number of esters is 1. The Morgan fingerprint density at radius 1 is 0.871 bits per heavy atom. The summed E-state index contributed by atoms with van der Waals surface area (Å²) in [4.78, 5) is 48.2. The third-order valence-electron chi connectivity index (χ3n) is 4.67. The number of rotatable bonds is 7. The Morgan fingerprint density at radius 3 is 2.13 bits per heavy atom. The minimum Gasteiger partial charge on any atom is -0.482 e. The maximum Gasteiger partial charge on any atom is 0.344 e. The van der Waals surface area contributed by atoms with Gasteiger partial charge in [-0.25, -0.2) is 9.59 Å². The topological polar surface area (TPSA) is 123 Å². The van der Waals surface area contributed by atoms with E-state index in [-0.39, 0.29) is 5.82 Å². The molecule has 0 fully saturated rings. The molecule has 0 saturated carbocycles. The second kappa shape index (κ2) is 9.12. The largest absolute Gasteiger partial charge is 0.482 e. The van der Waals surface area contributed by atoms with Crippen LogP contribution in [0.15, 0.2) is 64.2 Å². The molecule has 0 bridgehead atoms. The summed E-state index contributed by atoms with van der Waals surface area (Å²) in [6.45, 7) is -1.12. The van der Waals surface area contributed by atoms with Crippen molar-refractivity contribution < 1.29 is 19.1 Å². The molecule has 0 aliphatic carbocycles. The Morgan fingerprint density at radius 2 is 1.48 bits per heavy atom. The van der Waals surface area contributed by atoms with Gasteiger partial charge in [0, 0.05) is 14.1 Å². The van der Waals surface area contributed by atoms with Crippen LogP contribution in [0.3, 0.4) is 0 Å². The Kier molecular flexibility index (Phi) is 6.35. The monoisotopic (exact) mass is 423 g/mol. The summed E-state index contributed by atoms with van der Waals surface area (Å²) in [6.07, 6.45) is 0. The van der Waals surface area contributed by atoms with Crippen LogP contribution in [-0.2, 0) is 23.6 Å². The van der Waals surface area contributed by atoms with Gasteiger partial charge in [0.15, 0.2) is 13.2 Å². The van der Waals surface area contributed by atoms with E-state index < -0.39 is 41.8 Å². The van der Waals surface area contributed by atoms with E-state index in [0.717, 1.165) is 20.3 Å². The highest BCUT2D eigenvalue weighted by Crippen LogP contribution is 2.22. The van der Waals surface area contributed by atoms with Crippen LogP contribution in [-0.4, -0.2) is 34.1 Å². The number of carbonyl (C=O) groups is 2. The van der Waals surface area contributed by atoms with E-state index in [2.05, 4.69) is 0 Å². The Hall–Kier alpha value is -4.14. The summed E-state index contributed by atoms with van der Waals surface area (Å²) in [5.41, 5.74) is 5.84. The molecular formula is C22H21N3O6. The first-order chi connectivity index (χ1) is 14.8. The lowest BCUT2D eigenvalue weighted by molar-refractivity contribution is -0.144. The maximum absolute atomic E-state index is 12.3. The third kappa shape index (κ3) is 4.72. The van der Waals surface area contributed by atoms with Crippen LogP contribution in [0.5, 0.6) is 5.75 Å². The lowest BCUT2D eigenvalue weighted by Gasteiger charge is -2.11. The van der Waals surface area contributed by atoms with Gasteiger partial charge in [0.05, 0.1) is 0 Å². The van der Waals surface area contributed by atoms with E-state index in [1.54, 1.807) is 12.1 Å². The number of ether oxygens (including phenoxy) is 2. The van der Waals surface area contributed by atoms with E-state index in [1.165, 1.54) is 14.1 Å². The second-order valence-electron chi connectivity index (χ2n) is 6.73. The number of benzene rings is 2. The standard InChI is InChI=1S/C22H21N3O6/c1-24-20(23)19(21(28)25(2)22(24)29)17(26)12-31-18(27)13-30-16-10-8-15(9-11-16)14-6-4-3-5-7-14/h3-11H,12-13,23H2,1-2H3. The van der Waals surface area contributed by atoms with Crippen molar-refractivity contribution in [3.05, 3.63) is 81.0 Å². The van der Waals surface area contributed by atoms with Crippen LogP contribution >= 0.6 is 0 Å². The molecule has 0 saturated heterocycles. The number of nitrogen functional groups attached to an aromatic ring is 1. The maximum atomic E-state index is 12.3. The normalized spacial score (nSPS) is 10.5. The van der Waals surface area contributed by atoms with E-state index in [0.29, 0.717) is 5.75 Å². The smallest absolute Gasteiger partial charge is 0.344 e. The molecule has 0 aliphatic heterocycles. The lowest BCUT2D eigenvalue weighted by atomic mass is 10.1. The molecule has 1 aromatic heterocycles. The van der Waals surface area contributed by atoms with Crippen molar-refractivity contribution >= 4 is 17.6 Å². The highest BCUT2D eigenvalue weighted by atomic mass is 16.6. The number of nitrogens with zero attached hydrogens (tertiary/aromatic N) is 2. The van der Waals surface area contributed by atoms with E-state index in [9.17, 15) is 19.2 Å². The summed E-state index contributed by atoms with van der Waals surface area (Å²) in [6, 6.07) is 16.9. The summed E-state index contributed by atoms with van der Waals surface area (Å²) in [5, 5.41) is 0. The second-order valence-corrected chi connectivity index (χ2v) is 6.73. The highest BCUT2D eigenvalue weighted by Gasteiger charge is 2.21. The molecule has 9 heteroatoms. The van der Waals surface area contributed by atoms with Crippen LogP contribution in [0.25, 0.3) is 11.1 Å². The zero-order valence-corrected chi connectivity index (χ0v) is 17.0. The van der Waals surface area contributed by atoms with E-state index in [1.807, 2.05) is 42.5 Å². The summed E-state index contributed by atoms with van der Waals surface area (Å²) in [7, 11) is 2.56. The van der Waals surface area contributed by atoms with E-state index in [4.69, 9.17) is 15.2 Å². The van der Waals surface area contributed by atoms with Gasteiger partial charge in [-0.2, -0.15) is 0 Å². The molecule has 2 N–H and O–H groups in total. The number of anilines is 1. The molecule has 3 rings (SSSR count). The molecule has 0 aliphatic rings. The van der Waals surface area contributed by atoms with Gasteiger partial charge in [0.2, 0.25) is 5.78 Å². The molecule has 1 heterocycles. The van der Waals surface area contributed by atoms with Crippen LogP contribution in [0.4, 0.5) is 5.82 Å². The van der Waals surface area contributed by atoms with Crippen molar-refractivity contribution in [1.29, 1.82) is 0 Å². The van der Waals surface area contributed by atoms with Gasteiger partial charge in [0.25, 0.3) is 5.56 Å². The SMILES string of the molecule is Cn1c(N)c(C(=O)COC(=O)COc2ccc(-c3ccccc3)cc2)c(=O)n(C)c1=O. The number of Topliss-reactive ketones (excluding diaryl/α,β-unsaturated/α-hetero) is 1. The molecule has 0 unspecified atom stereocenters. The fraction of sp³-hybridized carbons (Fsp3) is 0.182. The van der Waals surface area contributed by atoms with E-state index >= 15 is 0 Å². The third-order valence-corrected chi connectivity index (χ3v) is 4.67. The zero-order chi connectivity index (χ0) is 22.5. The van der Waals surface area contributed by atoms with Crippen molar-refractivity contribution in [2.75, 3.05) is 18.9 Å². The number of ketones is 1. The molecule has 160 valence electrons. The highest BCUT2D eigenvalue weighted by molar-refractivity contribution is 6.01. The first-order valence-electron chi connectivity index (χ1n) is 9.32. The number of carbonyl (C=O) groups excluding carboxylic acids is 2. The number of nitrogens with two attached hydrogens (primary N) is 1. The lowest BCUT2D eigenvalue weighted by Crippen LogP contribution is -2.42. The molecule has 0 amide bonds. The molecular weight excluding hydrogens is 402 g/mol. The Labute approximate surface area is 177 Å². The molecule has 31 heavy (non-hydrogen) atoms. The van der Waals surface area contributed by atoms with Crippen LogP contribution < -0.4 is 21.7 Å².